The molecule has 0 fully saturated rings. The van der Waals surface area contributed by atoms with Crippen molar-refractivity contribution < 1.29 is 13.3 Å². The number of hydrogen-bond acceptors (Lipinski definition) is 6. The minimum absolute atomic E-state index is 0.516. The van der Waals surface area contributed by atoms with Crippen LogP contribution in [-0.2, 0) is 6.42 Å². The highest BCUT2D eigenvalue weighted by molar-refractivity contribution is 6.32. The molecule has 0 amide bonds. The van der Waals surface area contributed by atoms with Gasteiger partial charge in [0, 0.05) is 27.6 Å². The number of aromatic nitrogens is 3. The first-order valence-corrected chi connectivity index (χ1v) is 12.3. The van der Waals surface area contributed by atoms with Crippen LogP contribution >= 0.6 is 23.2 Å². The Morgan fingerprint density at radius 3 is 1.75 bits per heavy atom. The summed E-state index contributed by atoms with van der Waals surface area (Å²) in [6.45, 7) is 3.91. The second-order valence-corrected chi connectivity index (χ2v) is 9.19. The number of hydrogen-bond donors (Lipinski definition) is 0. The van der Waals surface area contributed by atoms with Crippen molar-refractivity contribution in [3.05, 3.63) is 106 Å². The highest BCUT2D eigenvalue weighted by atomic mass is 35.5. The summed E-state index contributed by atoms with van der Waals surface area (Å²) in [5.74, 6) is 1.75. The zero-order valence-corrected chi connectivity index (χ0v) is 21.3. The van der Waals surface area contributed by atoms with Crippen LogP contribution in [0.25, 0.3) is 28.5 Å². The predicted molar refractivity (Wildman–Crippen MR) is 140 cm³/mol. The van der Waals surface area contributed by atoms with E-state index in [4.69, 9.17) is 36.5 Å². The van der Waals surface area contributed by atoms with Gasteiger partial charge in [0.05, 0.1) is 18.6 Å². The van der Waals surface area contributed by atoms with Gasteiger partial charge in [-0.1, -0.05) is 29.3 Å². The minimum atomic E-state index is 0.516. The summed E-state index contributed by atoms with van der Waals surface area (Å²) < 4.78 is 16.6. The summed E-state index contributed by atoms with van der Waals surface area (Å²) in [5, 5.41) is 1.25. The molecule has 5 rings (SSSR count). The molecule has 0 atom stereocenters. The van der Waals surface area contributed by atoms with Crippen molar-refractivity contribution in [3.63, 3.8) is 0 Å². The number of benzene rings is 2. The Balaban J connectivity index is 1.60. The molecule has 6 nitrogen and oxygen atoms in total. The monoisotopic (exact) mass is 519 g/mol. The first-order valence-electron chi connectivity index (χ1n) is 11.5. The lowest BCUT2D eigenvalue weighted by Crippen LogP contribution is -1.96. The topological polar surface area (TPSA) is 78.1 Å². The van der Waals surface area contributed by atoms with Gasteiger partial charge in [0.1, 0.15) is 18.8 Å². The molecule has 36 heavy (non-hydrogen) atoms. The van der Waals surface area contributed by atoms with Gasteiger partial charge in [-0.2, -0.15) is 0 Å². The lowest BCUT2D eigenvalue weighted by atomic mass is 9.91. The Kier molecular flexibility index (Phi) is 7.07. The molecular weight excluding hydrogens is 497 g/mol. The van der Waals surface area contributed by atoms with Crippen molar-refractivity contribution in [2.45, 2.75) is 33.1 Å². The Morgan fingerprint density at radius 1 is 0.750 bits per heavy atom. The number of allylic oxidation sites excluding steroid dienone is 1. The Hall–Kier alpha value is -3.61. The maximum Gasteiger partial charge on any atom is 0.226 e. The van der Waals surface area contributed by atoms with Gasteiger partial charge in [-0.3, -0.25) is 0 Å². The fourth-order valence-electron chi connectivity index (χ4n) is 4.10. The fourth-order valence-corrected chi connectivity index (χ4v) is 4.54. The zero-order valence-electron chi connectivity index (χ0n) is 19.8. The molecular formula is C28H23Cl2N3O3. The largest absolute Gasteiger partial charge is 0.449 e. The van der Waals surface area contributed by atoms with Gasteiger partial charge in [0.25, 0.3) is 0 Å². The summed E-state index contributed by atoms with van der Waals surface area (Å²) in [5.41, 5.74) is 6.29. The molecule has 0 saturated carbocycles. The summed E-state index contributed by atoms with van der Waals surface area (Å²) in [6.07, 6.45) is 14.2. The average molecular weight is 520 g/mol. The second kappa shape index (κ2) is 10.6. The molecule has 5 aromatic rings. The summed E-state index contributed by atoms with van der Waals surface area (Å²) >= 11 is 13.4. The van der Waals surface area contributed by atoms with Gasteiger partial charge < -0.3 is 13.3 Å². The van der Waals surface area contributed by atoms with Crippen molar-refractivity contribution in [3.8, 4) is 22.9 Å². The fraction of sp³-hybridized carbons (Fsp3) is 0.179. The molecule has 8 heteroatoms. The summed E-state index contributed by atoms with van der Waals surface area (Å²) in [4.78, 5) is 12.9. The van der Waals surface area contributed by atoms with Gasteiger partial charge in [0.2, 0.25) is 11.8 Å². The molecule has 2 aromatic carbocycles. The number of aryl methyl sites for hydroxylation is 1. The Morgan fingerprint density at radius 2 is 1.28 bits per heavy atom. The van der Waals surface area contributed by atoms with E-state index >= 15 is 0 Å². The smallest absolute Gasteiger partial charge is 0.226 e. The number of halogens is 2. The van der Waals surface area contributed by atoms with Gasteiger partial charge in [-0.15, -0.1) is 0 Å². The van der Waals surface area contributed by atoms with Crippen molar-refractivity contribution in [1.82, 2.24) is 15.0 Å². The molecule has 0 saturated heterocycles. The lowest BCUT2D eigenvalue weighted by molar-refractivity contribution is 0.488. The highest BCUT2D eigenvalue weighted by Gasteiger charge is 2.18. The first-order chi connectivity index (χ1) is 17.5. The van der Waals surface area contributed by atoms with Crippen LogP contribution in [0.5, 0.6) is 0 Å². The molecule has 0 aliphatic carbocycles. The lowest BCUT2D eigenvalue weighted by Gasteiger charge is -2.15. The summed E-state index contributed by atoms with van der Waals surface area (Å²) in [7, 11) is 0. The van der Waals surface area contributed by atoms with Gasteiger partial charge in [0.15, 0.2) is 5.89 Å². The number of oxazole rings is 3. The SMILES string of the molecule is Cc1c(Cl)cc(C(=CCCCc2ncco2)c2cc(Cl)c(C)c(-c3ncco3)c2)cc1-c1ncco1. The molecule has 3 heterocycles. The van der Waals surface area contributed by atoms with Crippen LogP contribution in [-0.4, -0.2) is 15.0 Å². The molecule has 0 bridgehead atoms. The van der Waals surface area contributed by atoms with E-state index in [0.717, 1.165) is 64.1 Å². The van der Waals surface area contributed by atoms with Crippen LogP contribution in [0, 0.1) is 13.8 Å². The normalized spacial score (nSPS) is 11.1. The zero-order chi connectivity index (χ0) is 25.1. The number of nitrogens with zero attached hydrogens (tertiary/aromatic N) is 3. The molecule has 182 valence electrons. The first kappa shape index (κ1) is 24.1. The van der Waals surface area contributed by atoms with Crippen LogP contribution in [0.2, 0.25) is 10.0 Å². The van der Waals surface area contributed by atoms with Crippen LogP contribution < -0.4 is 0 Å². The number of rotatable bonds is 8. The minimum Gasteiger partial charge on any atom is -0.449 e. The van der Waals surface area contributed by atoms with Crippen molar-refractivity contribution in [2.75, 3.05) is 0 Å². The van der Waals surface area contributed by atoms with Crippen LogP contribution in [0.4, 0.5) is 0 Å². The van der Waals surface area contributed by atoms with Crippen molar-refractivity contribution >= 4 is 28.8 Å². The van der Waals surface area contributed by atoms with E-state index < -0.39 is 0 Å². The average Bonchev–Trinajstić information content (AvgIpc) is 3.66. The van der Waals surface area contributed by atoms with E-state index in [0.29, 0.717) is 21.8 Å². The Labute approximate surface area is 218 Å². The van der Waals surface area contributed by atoms with E-state index in [2.05, 4.69) is 21.0 Å². The quantitative estimate of drug-likeness (QED) is 0.191. The molecule has 0 N–H and O–H groups in total. The van der Waals surface area contributed by atoms with Crippen molar-refractivity contribution in [1.29, 1.82) is 0 Å². The Bertz CT molecular complexity index is 1400. The van der Waals surface area contributed by atoms with E-state index in [1.165, 1.54) is 0 Å². The third kappa shape index (κ3) is 5.01. The third-order valence-electron chi connectivity index (χ3n) is 6.06. The summed E-state index contributed by atoms with van der Waals surface area (Å²) in [6, 6.07) is 8.01. The van der Waals surface area contributed by atoms with E-state index in [1.807, 2.05) is 38.1 Å². The predicted octanol–water partition coefficient (Wildman–Crippen LogP) is 8.36. The van der Waals surface area contributed by atoms with Crippen LogP contribution in [0.3, 0.4) is 0 Å². The van der Waals surface area contributed by atoms with E-state index in [9.17, 15) is 0 Å². The standard InChI is InChI=1S/C28H23Cl2N3O3/c1-17-22(27-32-8-11-35-27)13-19(15-24(17)29)21(5-3-4-6-26-31-7-10-34-26)20-14-23(18(2)25(30)16-20)28-33-9-12-36-28/h5,7-16H,3-4,6H2,1-2H3. The second-order valence-electron chi connectivity index (χ2n) is 8.37. The molecule has 0 spiro atoms. The molecule has 0 radical (unpaired) electrons. The van der Waals surface area contributed by atoms with E-state index in [-0.39, 0.29) is 0 Å². The molecule has 0 unspecified atom stereocenters. The molecule has 0 aliphatic rings. The molecule has 3 aromatic heterocycles. The third-order valence-corrected chi connectivity index (χ3v) is 6.85. The van der Waals surface area contributed by atoms with Gasteiger partial charge in [-0.25, -0.2) is 15.0 Å². The highest BCUT2D eigenvalue weighted by Crippen LogP contribution is 2.38. The van der Waals surface area contributed by atoms with Crippen molar-refractivity contribution in [2.24, 2.45) is 0 Å². The van der Waals surface area contributed by atoms with E-state index in [1.54, 1.807) is 37.4 Å². The maximum absolute atomic E-state index is 6.70. The van der Waals surface area contributed by atoms with Crippen LogP contribution in [0.15, 0.2) is 81.0 Å². The van der Waals surface area contributed by atoms with Gasteiger partial charge in [-0.05, 0) is 78.8 Å². The van der Waals surface area contributed by atoms with Crippen LogP contribution in [0.1, 0.15) is 41.0 Å². The molecule has 0 aliphatic heterocycles. The number of unbranched alkanes of at least 4 members (excludes halogenated alkanes) is 1. The van der Waals surface area contributed by atoms with Gasteiger partial charge >= 0.3 is 0 Å². The maximum atomic E-state index is 6.70.